The molecule has 0 spiro atoms. The summed E-state index contributed by atoms with van der Waals surface area (Å²) >= 11 is 0. The standard InChI is InChI=1S/C26H27N5O7/c1-16-13-20(33-2)29-25(28-16)36-18-11-8-12-19(37-26-30-21(34-3)14-22(31-26)35-4)23(18)24(32)38-27-15-17-9-6-5-7-10-17/h6,8-9,11-15,17H,5,7,10H2,1-4H3. The Hall–Kier alpha value is -4.74. The van der Waals surface area contributed by atoms with Gasteiger partial charge in [-0.25, -0.2) is 4.79 Å². The van der Waals surface area contributed by atoms with Crippen molar-refractivity contribution in [2.75, 3.05) is 21.3 Å². The summed E-state index contributed by atoms with van der Waals surface area (Å²) in [7, 11) is 4.36. The van der Waals surface area contributed by atoms with Crippen LogP contribution >= 0.6 is 0 Å². The second-order valence-corrected chi connectivity index (χ2v) is 8.06. The highest BCUT2D eigenvalue weighted by Gasteiger charge is 2.24. The number of carbonyl (C=O) groups is 1. The first-order valence-electron chi connectivity index (χ1n) is 11.8. The maximum Gasteiger partial charge on any atom is 0.373 e. The van der Waals surface area contributed by atoms with Crippen molar-refractivity contribution in [3.8, 4) is 41.2 Å². The molecule has 12 heteroatoms. The lowest BCUT2D eigenvalue weighted by molar-refractivity contribution is 0.0511. The number of oxime groups is 1. The Bertz CT molecular complexity index is 1320. The Morgan fingerprint density at radius 2 is 1.53 bits per heavy atom. The van der Waals surface area contributed by atoms with Crippen molar-refractivity contribution in [3.05, 3.63) is 53.7 Å². The van der Waals surface area contributed by atoms with Crippen LogP contribution in [0.15, 0.2) is 47.6 Å². The lowest BCUT2D eigenvalue weighted by atomic mass is 9.97. The summed E-state index contributed by atoms with van der Waals surface area (Å²) in [4.78, 5) is 35.3. The summed E-state index contributed by atoms with van der Waals surface area (Å²) in [6, 6.07) is 7.65. The molecular formula is C26H27N5O7. The summed E-state index contributed by atoms with van der Waals surface area (Å²) < 4.78 is 27.3. The summed E-state index contributed by atoms with van der Waals surface area (Å²) in [5.41, 5.74) is 0.517. The Balaban J connectivity index is 1.69. The summed E-state index contributed by atoms with van der Waals surface area (Å²) in [5, 5.41) is 3.90. The number of hydrogen-bond donors (Lipinski definition) is 0. The van der Waals surface area contributed by atoms with E-state index in [-0.39, 0.29) is 46.8 Å². The third-order valence-corrected chi connectivity index (χ3v) is 5.37. The molecule has 0 bridgehead atoms. The lowest BCUT2D eigenvalue weighted by Crippen LogP contribution is -2.09. The van der Waals surface area contributed by atoms with Gasteiger partial charge in [0.05, 0.1) is 33.6 Å². The van der Waals surface area contributed by atoms with Crippen LogP contribution in [-0.2, 0) is 4.84 Å². The van der Waals surface area contributed by atoms with Gasteiger partial charge < -0.3 is 28.5 Å². The minimum Gasteiger partial charge on any atom is -0.481 e. The Morgan fingerprint density at radius 3 is 2.11 bits per heavy atom. The summed E-state index contributed by atoms with van der Waals surface area (Å²) in [6.07, 6.45) is 8.69. The van der Waals surface area contributed by atoms with Gasteiger partial charge in [0.2, 0.25) is 17.6 Å². The van der Waals surface area contributed by atoms with Crippen LogP contribution in [0.3, 0.4) is 0 Å². The van der Waals surface area contributed by atoms with Crippen molar-refractivity contribution in [1.29, 1.82) is 0 Å². The van der Waals surface area contributed by atoms with Crippen molar-refractivity contribution in [2.45, 2.75) is 26.2 Å². The molecular weight excluding hydrogens is 494 g/mol. The van der Waals surface area contributed by atoms with E-state index in [2.05, 4.69) is 31.2 Å². The Kier molecular flexibility index (Phi) is 8.65. The van der Waals surface area contributed by atoms with Crippen molar-refractivity contribution in [2.24, 2.45) is 11.1 Å². The van der Waals surface area contributed by atoms with E-state index in [0.717, 1.165) is 19.3 Å². The van der Waals surface area contributed by atoms with E-state index in [1.807, 2.05) is 6.08 Å². The van der Waals surface area contributed by atoms with Crippen molar-refractivity contribution >= 4 is 12.2 Å². The van der Waals surface area contributed by atoms with Gasteiger partial charge in [-0.2, -0.15) is 19.9 Å². The molecule has 1 aliphatic rings. The number of methoxy groups -OCH3 is 3. The quantitative estimate of drug-likeness (QED) is 0.159. The van der Waals surface area contributed by atoms with Gasteiger partial charge >= 0.3 is 18.0 Å². The zero-order valence-corrected chi connectivity index (χ0v) is 21.4. The fourth-order valence-corrected chi connectivity index (χ4v) is 3.55. The highest BCUT2D eigenvalue weighted by atomic mass is 16.7. The second kappa shape index (κ2) is 12.5. The molecule has 0 aliphatic heterocycles. The molecule has 1 unspecified atom stereocenters. The fraction of sp³-hybridized carbons (Fsp3) is 0.308. The van der Waals surface area contributed by atoms with Crippen LogP contribution in [0.2, 0.25) is 0 Å². The number of aromatic nitrogens is 4. The van der Waals surface area contributed by atoms with Gasteiger partial charge in [0.25, 0.3) is 0 Å². The van der Waals surface area contributed by atoms with Crippen molar-refractivity contribution < 1.29 is 33.3 Å². The molecule has 0 radical (unpaired) electrons. The topological polar surface area (TPSA) is 136 Å². The first-order chi connectivity index (χ1) is 18.5. The van der Waals surface area contributed by atoms with E-state index in [1.54, 1.807) is 31.3 Å². The molecule has 0 N–H and O–H groups in total. The zero-order chi connectivity index (χ0) is 26.9. The van der Waals surface area contributed by atoms with E-state index in [1.165, 1.54) is 33.5 Å². The number of rotatable bonds is 10. The predicted octanol–water partition coefficient (Wildman–Crippen LogP) is 4.68. The number of allylic oxidation sites excluding steroid dienone is 2. The smallest absolute Gasteiger partial charge is 0.373 e. The van der Waals surface area contributed by atoms with Crippen LogP contribution in [0.5, 0.6) is 41.2 Å². The normalized spacial score (nSPS) is 14.7. The summed E-state index contributed by atoms with van der Waals surface area (Å²) in [6.45, 7) is 1.76. The van der Waals surface area contributed by atoms with Gasteiger partial charge in [0.1, 0.15) is 17.1 Å². The minimum atomic E-state index is -0.832. The molecule has 2 aromatic heterocycles. The molecule has 0 fully saturated rings. The summed E-state index contributed by atoms with van der Waals surface area (Å²) in [5.74, 6) is 0.0530. The highest BCUT2D eigenvalue weighted by Crippen LogP contribution is 2.35. The van der Waals surface area contributed by atoms with E-state index in [4.69, 9.17) is 28.5 Å². The molecule has 0 saturated carbocycles. The van der Waals surface area contributed by atoms with E-state index in [9.17, 15) is 4.79 Å². The largest absolute Gasteiger partial charge is 0.481 e. The molecule has 12 nitrogen and oxygen atoms in total. The van der Waals surface area contributed by atoms with E-state index in [0.29, 0.717) is 11.6 Å². The van der Waals surface area contributed by atoms with E-state index >= 15 is 0 Å². The molecule has 2 heterocycles. The fourth-order valence-electron chi connectivity index (χ4n) is 3.55. The van der Waals surface area contributed by atoms with Crippen molar-refractivity contribution in [1.82, 2.24) is 19.9 Å². The molecule has 198 valence electrons. The van der Waals surface area contributed by atoms with Crippen LogP contribution in [0.25, 0.3) is 0 Å². The average molecular weight is 522 g/mol. The van der Waals surface area contributed by atoms with Gasteiger partial charge in [-0.3, -0.25) is 0 Å². The highest BCUT2D eigenvalue weighted by molar-refractivity contribution is 5.96. The van der Waals surface area contributed by atoms with Gasteiger partial charge in [-0.05, 0) is 38.3 Å². The first-order valence-corrected chi connectivity index (χ1v) is 11.8. The number of ether oxygens (including phenoxy) is 5. The minimum absolute atomic E-state index is 0.0372. The van der Waals surface area contributed by atoms with Crippen LogP contribution < -0.4 is 23.7 Å². The van der Waals surface area contributed by atoms with Gasteiger partial charge in [-0.15, -0.1) is 0 Å². The second-order valence-electron chi connectivity index (χ2n) is 8.06. The van der Waals surface area contributed by atoms with Crippen molar-refractivity contribution in [3.63, 3.8) is 0 Å². The Labute approximate surface area is 219 Å². The maximum absolute atomic E-state index is 13.3. The first kappa shape index (κ1) is 26.3. The molecule has 1 atom stereocenters. The molecule has 0 saturated heterocycles. The number of nitrogens with zero attached hydrogens (tertiary/aromatic N) is 5. The third-order valence-electron chi connectivity index (χ3n) is 5.37. The van der Waals surface area contributed by atoms with Gasteiger partial charge in [0, 0.05) is 17.7 Å². The SMILES string of the molecule is COc1cc(C)nc(Oc2cccc(Oc3nc(OC)cc(OC)n3)c2C(=O)ON=CC2C=CCCC2)n1. The molecule has 1 aliphatic carbocycles. The number of benzene rings is 1. The van der Waals surface area contributed by atoms with Gasteiger partial charge in [-0.1, -0.05) is 23.4 Å². The van der Waals surface area contributed by atoms with Crippen LogP contribution in [-0.4, -0.2) is 53.4 Å². The number of carbonyl (C=O) groups excluding carboxylic acids is 1. The molecule has 1 aromatic carbocycles. The number of hydrogen-bond acceptors (Lipinski definition) is 12. The van der Waals surface area contributed by atoms with E-state index < -0.39 is 5.97 Å². The van der Waals surface area contributed by atoms with Crippen LogP contribution in [0.1, 0.15) is 35.3 Å². The maximum atomic E-state index is 13.3. The number of aryl methyl sites for hydroxylation is 1. The predicted molar refractivity (Wildman–Crippen MR) is 135 cm³/mol. The van der Waals surface area contributed by atoms with Crippen LogP contribution in [0.4, 0.5) is 0 Å². The molecule has 38 heavy (non-hydrogen) atoms. The lowest BCUT2D eigenvalue weighted by Gasteiger charge is -2.14. The van der Waals surface area contributed by atoms with Crippen LogP contribution in [0, 0.1) is 12.8 Å². The van der Waals surface area contributed by atoms with Gasteiger partial charge in [0.15, 0.2) is 0 Å². The molecule has 0 amide bonds. The Morgan fingerprint density at radius 1 is 0.921 bits per heavy atom. The third kappa shape index (κ3) is 6.72. The molecule has 4 rings (SSSR count). The average Bonchev–Trinajstić information content (AvgIpc) is 2.93. The monoisotopic (exact) mass is 521 g/mol. The molecule has 3 aromatic rings. The zero-order valence-electron chi connectivity index (χ0n) is 21.4.